The highest BCUT2D eigenvalue weighted by atomic mass is 19.1. The maximum atomic E-state index is 13.9. The zero-order valence-electron chi connectivity index (χ0n) is 32.8. The van der Waals surface area contributed by atoms with Crippen LogP contribution in [0, 0.1) is 30.4 Å². The average Bonchev–Trinajstić information content (AvgIpc) is 3.77. The van der Waals surface area contributed by atoms with E-state index in [4.69, 9.17) is 15.7 Å². The van der Waals surface area contributed by atoms with Gasteiger partial charge in [0.15, 0.2) is 0 Å². The van der Waals surface area contributed by atoms with Gasteiger partial charge in [-0.2, -0.15) is 0 Å². The second-order valence-corrected chi connectivity index (χ2v) is 15.8. The number of allylic oxidation sites excluding steroid dienone is 1. The molecular weight excluding hydrogens is 693 g/mol. The summed E-state index contributed by atoms with van der Waals surface area (Å²) in [6.45, 7) is 21.5. The summed E-state index contributed by atoms with van der Waals surface area (Å²) in [5, 5.41) is 3.58. The number of pyridine rings is 1. The predicted octanol–water partition coefficient (Wildman–Crippen LogP) is 8.23. The van der Waals surface area contributed by atoms with Crippen LogP contribution in [0.1, 0.15) is 68.5 Å². The smallest absolute Gasteiger partial charge is 0.208 e. The lowest BCUT2D eigenvalue weighted by Gasteiger charge is -2.43. The third kappa shape index (κ3) is 8.47. The first kappa shape index (κ1) is 38.3. The Kier molecular flexibility index (Phi) is 11.4. The maximum Gasteiger partial charge on any atom is 0.208 e. The van der Waals surface area contributed by atoms with Crippen molar-refractivity contribution in [2.75, 3.05) is 50.0 Å². The van der Waals surface area contributed by atoms with E-state index in [0.29, 0.717) is 17.6 Å². The molecule has 7 rings (SSSR count). The molecular formula is C44H55F2N9. The number of aliphatic imine (C=N–C) groups is 1. The number of nitrogens with two attached hydrogens (primary N) is 1. The van der Waals surface area contributed by atoms with Gasteiger partial charge in [0.2, 0.25) is 5.95 Å². The number of nitrogens with one attached hydrogen (secondary N) is 1. The molecule has 0 amide bonds. The van der Waals surface area contributed by atoms with Crippen molar-refractivity contribution in [1.82, 2.24) is 24.3 Å². The van der Waals surface area contributed by atoms with Gasteiger partial charge in [-0.05, 0) is 87.4 Å². The molecule has 0 saturated carbocycles. The Balaban J connectivity index is 1.06. The van der Waals surface area contributed by atoms with Crippen LogP contribution in [0.2, 0.25) is 0 Å². The first-order valence-electron chi connectivity index (χ1n) is 19.7. The monoisotopic (exact) mass is 747 g/mol. The number of hydrogen-bond donors (Lipinski definition) is 2. The van der Waals surface area contributed by atoms with Gasteiger partial charge >= 0.3 is 0 Å². The van der Waals surface area contributed by atoms with E-state index in [1.807, 2.05) is 26.1 Å². The molecule has 2 saturated heterocycles. The quantitative estimate of drug-likeness (QED) is 0.213. The first-order chi connectivity index (χ1) is 26.5. The summed E-state index contributed by atoms with van der Waals surface area (Å²) in [6.07, 6.45) is 6.58. The molecule has 290 valence electrons. The van der Waals surface area contributed by atoms with E-state index in [9.17, 15) is 8.78 Å². The van der Waals surface area contributed by atoms with Crippen LogP contribution in [-0.2, 0) is 13.1 Å². The summed E-state index contributed by atoms with van der Waals surface area (Å²) < 4.78 is 30.2. The molecule has 0 aliphatic carbocycles. The van der Waals surface area contributed by atoms with E-state index in [-0.39, 0.29) is 5.92 Å². The third-order valence-corrected chi connectivity index (χ3v) is 11.6. The van der Waals surface area contributed by atoms with Crippen molar-refractivity contribution in [3.05, 3.63) is 108 Å². The van der Waals surface area contributed by atoms with Crippen molar-refractivity contribution in [2.24, 2.45) is 22.6 Å². The second kappa shape index (κ2) is 16.4. The van der Waals surface area contributed by atoms with Gasteiger partial charge in [0.25, 0.3) is 0 Å². The number of aromatic nitrogens is 3. The molecule has 0 radical (unpaired) electrons. The highest BCUT2D eigenvalue weighted by molar-refractivity contribution is 6.23. The number of imidazole rings is 1. The number of hydrogen-bond acceptors (Lipinski definition) is 8. The molecule has 3 aliphatic rings. The molecule has 3 N–H and O–H groups in total. The molecule has 3 atom stereocenters. The molecule has 0 spiro atoms. The summed E-state index contributed by atoms with van der Waals surface area (Å²) in [5.41, 5.74) is 16.4. The van der Waals surface area contributed by atoms with Crippen LogP contribution in [0.25, 0.3) is 22.3 Å². The van der Waals surface area contributed by atoms with Gasteiger partial charge in [0, 0.05) is 117 Å². The van der Waals surface area contributed by atoms with Gasteiger partial charge in [-0.1, -0.05) is 32.6 Å². The molecule has 2 bridgehead atoms. The molecule has 3 aliphatic heterocycles. The minimum atomic E-state index is -0.541. The Morgan fingerprint density at radius 2 is 1.78 bits per heavy atom. The lowest BCUT2D eigenvalue weighted by atomic mass is 9.97. The topological polar surface area (TPSA) is 90.8 Å². The van der Waals surface area contributed by atoms with Gasteiger partial charge in [-0.3, -0.25) is 14.9 Å². The number of nitrogens with zero attached hydrogens (tertiary/aromatic N) is 7. The average molecular weight is 748 g/mol. The van der Waals surface area contributed by atoms with Crippen molar-refractivity contribution >= 4 is 39.7 Å². The highest BCUT2D eigenvalue weighted by Gasteiger charge is 2.32. The van der Waals surface area contributed by atoms with Gasteiger partial charge < -0.3 is 25.4 Å². The Hall–Kier alpha value is -5.03. The lowest BCUT2D eigenvalue weighted by molar-refractivity contribution is 0.0974. The zero-order valence-corrected chi connectivity index (χ0v) is 32.8. The second-order valence-electron chi connectivity index (χ2n) is 15.8. The number of piperazine rings is 1. The van der Waals surface area contributed by atoms with Crippen molar-refractivity contribution in [3.63, 3.8) is 0 Å². The van der Waals surface area contributed by atoms with Crippen LogP contribution >= 0.6 is 0 Å². The number of rotatable bonds is 5. The fourth-order valence-electron chi connectivity index (χ4n) is 8.70. The van der Waals surface area contributed by atoms with Crippen LogP contribution in [-0.4, -0.2) is 75.9 Å². The number of benzene rings is 2. The van der Waals surface area contributed by atoms with E-state index in [2.05, 4.69) is 74.8 Å². The number of aryl methyl sites for hydroxylation is 1. The van der Waals surface area contributed by atoms with Crippen LogP contribution in [0.4, 0.5) is 20.4 Å². The predicted molar refractivity (Wildman–Crippen MR) is 222 cm³/mol. The third-order valence-electron chi connectivity index (χ3n) is 11.6. The Morgan fingerprint density at radius 1 is 0.982 bits per heavy atom. The Bertz CT molecular complexity index is 2110. The van der Waals surface area contributed by atoms with E-state index in [1.54, 1.807) is 6.20 Å². The first-order valence-corrected chi connectivity index (χ1v) is 19.7. The van der Waals surface area contributed by atoms with Crippen LogP contribution in [0.3, 0.4) is 0 Å². The van der Waals surface area contributed by atoms with Gasteiger partial charge in [0.05, 0.1) is 16.7 Å². The number of fused-ring (bicyclic) bond motifs is 5. The molecule has 55 heavy (non-hydrogen) atoms. The Morgan fingerprint density at radius 3 is 2.53 bits per heavy atom. The summed E-state index contributed by atoms with van der Waals surface area (Å²) >= 11 is 0. The van der Waals surface area contributed by atoms with E-state index >= 15 is 0 Å². The molecule has 2 aromatic heterocycles. The summed E-state index contributed by atoms with van der Waals surface area (Å²) in [5.74, 6) is 0.388. The van der Waals surface area contributed by atoms with Crippen LogP contribution < -0.4 is 16.0 Å². The van der Waals surface area contributed by atoms with Crippen molar-refractivity contribution in [1.29, 1.82) is 0 Å². The van der Waals surface area contributed by atoms with E-state index in [0.717, 1.165) is 141 Å². The zero-order chi connectivity index (χ0) is 38.8. The molecule has 2 unspecified atom stereocenters. The summed E-state index contributed by atoms with van der Waals surface area (Å²) in [7, 11) is 1.83. The van der Waals surface area contributed by atoms with Crippen molar-refractivity contribution < 1.29 is 8.78 Å². The number of anilines is 2. The van der Waals surface area contributed by atoms with Gasteiger partial charge in [0.1, 0.15) is 11.6 Å². The highest BCUT2D eigenvalue weighted by Crippen LogP contribution is 2.33. The molecule has 5 heterocycles. The summed E-state index contributed by atoms with van der Waals surface area (Å²) in [4.78, 5) is 21.6. The fraction of sp³-hybridized carbons (Fsp3) is 0.432. The molecule has 9 nitrogen and oxygen atoms in total. The van der Waals surface area contributed by atoms with Crippen molar-refractivity contribution in [3.8, 4) is 0 Å². The van der Waals surface area contributed by atoms with E-state index in [1.165, 1.54) is 17.7 Å². The summed E-state index contributed by atoms with van der Waals surface area (Å²) in [6, 6.07) is 14.8. The van der Waals surface area contributed by atoms with Gasteiger partial charge in [-0.15, -0.1) is 0 Å². The van der Waals surface area contributed by atoms with Gasteiger partial charge in [-0.25, -0.2) is 13.8 Å². The van der Waals surface area contributed by atoms with Crippen LogP contribution in [0.5, 0.6) is 0 Å². The van der Waals surface area contributed by atoms with Crippen molar-refractivity contribution in [2.45, 2.75) is 72.0 Å². The molecule has 4 aromatic rings. The lowest BCUT2D eigenvalue weighted by Crippen LogP contribution is -2.51. The van der Waals surface area contributed by atoms with Crippen LogP contribution in [0.15, 0.2) is 78.6 Å². The minimum Gasteiger partial charge on any atom is -0.404 e. The Labute approximate surface area is 324 Å². The standard InChI is InChI=1S/C44H55F2N9/c1-28-9-7-8-10-40(48-6)39(23-47)42-19-35(17-29(2)49-42)31(4)50-44-51-41-12-11-33(18-43(41)55(44)24-28)26-52-15-16-54(30(3)25-52)32(5)34-13-14-53(27-34)38-21-36(45)20-37(46)22-38/h11-12,17-23,28,30,34H,4-5,7-10,13-16,24-27,47H2,1-3,6H3,(H,50,51)/t28-,30?,34?/m1/s1. The fourth-order valence-corrected chi connectivity index (χ4v) is 8.70. The number of halogens is 2. The molecule has 2 aromatic carbocycles. The minimum absolute atomic E-state index is 0.254. The van der Waals surface area contributed by atoms with E-state index < -0.39 is 11.6 Å². The molecule has 2 fully saturated rings. The molecule has 11 heteroatoms. The SMILES string of the molecule is C=C1Nc2nc3ccc(CN4CCN(C(=C)C5CCN(c6cc(F)cc(F)c6)C5)C(C)C4)cc3n2C[C@H](C)CCCCC(=NC)C(=CN)c2cc1cc(C)n2. The maximum absolute atomic E-state index is 13.9. The normalized spacial score (nSPS) is 23.2. The largest absolute Gasteiger partial charge is 0.404 e.